The SMILES string of the molecule is C[C@@]1(Cn2cnc3ccc(C#N)cc32)CCC[C@]2(CN(Cc3csc4ncccc34)C(=O)O2)C1. The van der Waals surface area contributed by atoms with Crippen LogP contribution in [0.5, 0.6) is 0 Å². The summed E-state index contributed by atoms with van der Waals surface area (Å²) in [4.78, 5) is 24.7. The summed E-state index contributed by atoms with van der Waals surface area (Å²) in [6.07, 6.45) is 7.21. The number of pyridine rings is 1. The molecule has 2 fully saturated rings. The zero-order valence-corrected chi connectivity index (χ0v) is 19.8. The molecule has 4 heterocycles. The molecule has 1 aliphatic carbocycles. The van der Waals surface area contributed by atoms with Crippen molar-refractivity contribution >= 4 is 38.7 Å². The van der Waals surface area contributed by atoms with E-state index in [2.05, 4.69) is 39.0 Å². The molecule has 172 valence electrons. The van der Waals surface area contributed by atoms with E-state index in [1.807, 2.05) is 29.4 Å². The third-order valence-corrected chi connectivity index (χ3v) is 8.25. The quantitative estimate of drug-likeness (QED) is 0.393. The number of carbonyl (C=O) groups excluding carboxylic acids is 1. The fourth-order valence-electron chi connectivity index (χ4n) is 5.87. The van der Waals surface area contributed by atoms with Crippen LogP contribution in [0.2, 0.25) is 0 Å². The molecule has 34 heavy (non-hydrogen) atoms. The van der Waals surface area contributed by atoms with Crippen molar-refractivity contribution in [2.75, 3.05) is 6.54 Å². The Morgan fingerprint density at radius 1 is 1.26 bits per heavy atom. The predicted molar refractivity (Wildman–Crippen MR) is 130 cm³/mol. The lowest BCUT2D eigenvalue weighted by Crippen LogP contribution is -2.44. The first-order valence-electron chi connectivity index (χ1n) is 11.6. The van der Waals surface area contributed by atoms with Gasteiger partial charge in [0.05, 0.1) is 42.1 Å². The van der Waals surface area contributed by atoms with E-state index in [-0.39, 0.29) is 11.5 Å². The summed E-state index contributed by atoms with van der Waals surface area (Å²) < 4.78 is 8.26. The number of carbonyl (C=O) groups is 1. The predicted octanol–water partition coefficient (Wildman–Crippen LogP) is 5.49. The van der Waals surface area contributed by atoms with E-state index in [1.165, 1.54) is 0 Å². The van der Waals surface area contributed by atoms with Gasteiger partial charge in [-0.1, -0.05) is 13.0 Å². The number of hydrogen-bond acceptors (Lipinski definition) is 6. The number of nitriles is 1. The van der Waals surface area contributed by atoms with Gasteiger partial charge in [-0.3, -0.25) is 4.90 Å². The van der Waals surface area contributed by atoms with Crippen LogP contribution in [0.25, 0.3) is 21.3 Å². The molecular formula is C26H25N5O2S. The van der Waals surface area contributed by atoms with Crippen molar-refractivity contribution in [1.29, 1.82) is 5.26 Å². The second kappa shape index (κ2) is 7.81. The second-order valence-electron chi connectivity index (χ2n) is 10.1. The molecule has 7 nitrogen and oxygen atoms in total. The number of aromatic nitrogens is 3. The number of ether oxygens (including phenoxy) is 1. The zero-order valence-electron chi connectivity index (χ0n) is 19.0. The summed E-state index contributed by atoms with van der Waals surface area (Å²) >= 11 is 1.61. The lowest BCUT2D eigenvalue weighted by Gasteiger charge is -2.43. The first-order valence-corrected chi connectivity index (χ1v) is 12.5. The van der Waals surface area contributed by atoms with E-state index < -0.39 is 5.60 Å². The Morgan fingerprint density at radius 2 is 2.18 bits per heavy atom. The van der Waals surface area contributed by atoms with Crippen molar-refractivity contribution in [3.05, 3.63) is 59.4 Å². The molecule has 1 saturated heterocycles. The standard InChI is InChI=1S/C26H25N5O2S/c1-25(15-31-17-29-21-6-5-18(11-27)10-22(21)31)7-3-8-26(14-25)16-30(24(32)33-26)12-19-13-34-23-20(19)4-2-9-28-23/h2,4-6,9-10,13,17H,3,7-8,12,14-16H2,1H3/t25-,26-/m1/s1. The van der Waals surface area contributed by atoms with Gasteiger partial charge in [0.2, 0.25) is 0 Å². The molecule has 1 spiro atoms. The summed E-state index contributed by atoms with van der Waals surface area (Å²) in [5, 5.41) is 12.5. The largest absolute Gasteiger partial charge is 0.441 e. The molecule has 2 aliphatic rings. The highest BCUT2D eigenvalue weighted by molar-refractivity contribution is 7.16. The Kier molecular flexibility index (Phi) is 4.85. The van der Waals surface area contributed by atoms with Crippen LogP contribution in [-0.4, -0.2) is 37.7 Å². The van der Waals surface area contributed by atoms with E-state index in [4.69, 9.17) is 4.74 Å². The Morgan fingerprint density at radius 3 is 3.06 bits per heavy atom. The number of rotatable bonds is 4. The van der Waals surface area contributed by atoms with Gasteiger partial charge in [0.25, 0.3) is 0 Å². The van der Waals surface area contributed by atoms with Crippen molar-refractivity contribution in [3.8, 4) is 6.07 Å². The van der Waals surface area contributed by atoms with E-state index in [1.54, 1.807) is 23.6 Å². The van der Waals surface area contributed by atoms with Gasteiger partial charge in [-0.25, -0.2) is 14.8 Å². The summed E-state index contributed by atoms with van der Waals surface area (Å²) in [6.45, 7) is 4.22. The van der Waals surface area contributed by atoms with Gasteiger partial charge in [0.15, 0.2) is 0 Å². The van der Waals surface area contributed by atoms with Crippen LogP contribution in [0.1, 0.15) is 43.7 Å². The average Bonchev–Trinajstić information content (AvgIpc) is 3.50. The van der Waals surface area contributed by atoms with Crippen molar-refractivity contribution in [2.24, 2.45) is 5.41 Å². The maximum Gasteiger partial charge on any atom is 0.410 e. The highest BCUT2D eigenvalue weighted by Crippen LogP contribution is 2.47. The lowest BCUT2D eigenvalue weighted by molar-refractivity contribution is -0.0270. The number of amides is 1. The van der Waals surface area contributed by atoms with Crippen LogP contribution in [0.4, 0.5) is 4.79 Å². The first-order chi connectivity index (χ1) is 16.5. The van der Waals surface area contributed by atoms with Crippen LogP contribution in [0, 0.1) is 16.7 Å². The first kappa shape index (κ1) is 21.1. The summed E-state index contributed by atoms with van der Waals surface area (Å²) in [5.74, 6) is 0. The summed E-state index contributed by atoms with van der Waals surface area (Å²) in [5.41, 5.74) is 3.13. The topological polar surface area (TPSA) is 84.0 Å². The lowest BCUT2D eigenvalue weighted by atomic mass is 9.68. The number of nitrogens with zero attached hydrogens (tertiary/aromatic N) is 5. The monoisotopic (exact) mass is 471 g/mol. The van der Waals surface area contributed by atoms with Gasteiger partial charge < -0.3 is 9.30 Å². The third-order valence-electron chi connectivity index (χ3n) is 7.30. The highest BCUT2D eigenvalue weighted by atomic mass is 32.1. The molecule has 0 bridgehead atoms. The molecule has 2 atom stereocenters. The summed E-state index contributed by atoms with van der Waals surface area (Å²) in [6, 6.07) is 11.8. The zero-order chi connectivity index (χ0) is 23.3. The number of imidazole rings is 1. The Bertz CT molecular complexity index is 1450. The molecule has 6 rings (SSSR count). The van der Waals surface area contributed by atoms with Gasteiger partial charge in [-0.05, 0) is 66.3 Å². The minimum atomic E-state index is -0.456. The average molecular weight is 472 g/mol. The highest BCUT2D eigenvalue weighted by Gasteiger charge is 2.51. The van der Waals surface area contributed by atoms with Crippen LogP contribution in [0.15, 0.2) is 48.2 Å². The molecule has 1 amide bonds. The minimum Gasteiger partial charge on any atom is -0.441 e. The fraction of sp³-hybridized carbons (Fsp3) is 0.385. The minimum absolute atomic E-state index is 0.0379. The molecule has 3 aromatic heterocycles. The Balaban J connectivity index is 1.22. The molecule has 0 radical (unpaired) electrons. The maximum absolute atomic E-state index is 12.9. The number of hydrogen-bond donors (Lipinski definition) is 0. The van der Waals surface area contributed by atoms with Gasteiger partial charge in [0.1, 0.15) is 10.4 Å². The van der Waals surface area contributed by atoms with Crippen LogP contribution in [-0.2, 0) is 17.8 Å². The van der Waals surface area contributed by atoms with Crippen molar-refractivity contribution in [1.82, 2.24) is 19.4 Å². The molecule has 4 aromatic rings. The molecule has 1 aliphatic heterocycles. The Hall–Kier alpha value is -3.44. The van der Waals surface area contributed by atoms with Gasteiger partial charge in [0, 0.05) is 18.1 Å². The molecule has 0 unspecified atom stereocenters. The number of benzene rings is 1. The van der Waals surface area contributed by atoms with Crippen molar-refractivity contribution in [2.45, 2.75) is 51.3 Å². The number of fused-ring (bicyclic) bond motifs is 2. The molecule has 8 heteroatoms. The van der Waals surface area contributed by atoms with Crippen LogP contribution in [0.3, 0.4) is 0 Å². The van der Waals surface area contributed by atoms with Crippen molar-refractivity contribution < 1.29 is 9.53 Å². The molecule has 1 aromatic carbocycles. The maximum atomic E-state index is 12.9. The molecular weight excluding hydrogens is 446 g/mol. The van der Waals surface area contributed by atoms with Gasteiger partial charge in [-0.2, -0.15) is 5.26 Å². The second-order valence-corrected chi connectivity index (χ2v) is 10.9. The fourth-order valence-corrected chi connectivity index (χ4v) is 6.78. The van der Waals surface area contributed by atoms with Crippen molar-refractivity contribution in [3.63, 3.8) is 0 Å². The van der Waals surface area contributed by atoms with E-state index >= 15 is 0 Å². The molecule has 0 N–H and O–H groups in total. The van der Waals surface area contributed by atoms with E-state index in [9.17, 15) is 10.1 Å². The van der Waals surface area contributed by atoms with Crippen LogP contribution < -0.4 is 0 Å². The Labute approximate surface area is 201 Å². The molecule has 1 saturated carbocycles. The van der Waals surface area contributed by atoms with Gasteiger partial charge >= 0.3 is 6.09 Å². The summed E-state index contributed by atoms with van der Waals surface area (Å²) in [7, 11) is 0. The van der Waals surface area contributed by atoms with E-state index in [0.717, 1.165) is 59.0 Å². The van der Waals surface area contributed by atoms with Gasteiger partial charge in [-0.15, -0.1) is 11.3 Å². The normalized spacial score (nSPS) is 24.7. The smallest absolute Gasteiger partial charge is 0.410 e. The van der Waals surface area contributed by atoms with E-state index in [0.29, 0.717) is 18.7 Å². The number of thiophene rings is 1. The third kappa shape index (κ3) is 3.61. The van der Waals surface area contributed by atoms with Crippen LogP contribution >= 0.6 is 11.3 Å².